The van der Waals surface area contributed by atoms with Crippen molar-refractivity contribution in [1.29, 1.82) is 0 Å². The molecular formula is C15H7ClF3NOS3. The van der Waals surface area contributed by atoms with Crippen LogP contribution in [0.4, 0.5) is 18.9 Å². The number of halogens is 4. The Morgan fingerprint density at radius 2 is 2.00 bits per heavy atom. The molecule has 1 saturated heterocycles. The molecule has 0 aliphatic carbocycles. The van der Waals surface area contributed by atoms with Gasteiger partial charge in [0.25, 0.3) is 5.91 Å². The standard InChI is InChI=1S/C15H7ClF3NOS3/c16-11-4-3-8(6-10(11)15(17,18)19)20-13(21)12(24-14(20)22)7-9-2-1-5-23-9/h1-7H/b12-7+. The van der Waals surface area contributed by atoms with Gasteiger partial charge in [-0.05, 0) is 35.7 Å². The summed E-state index contributed by atoms with van der Waals surface area (Å²) in [6.45, 7) is 0. The number of carbonyl (C=O) groups is 1. The van der Waals surface area contributed by atoms with Crippen LogP contribution in [-0.4, -0.2) is 10.2 Å². The van der Waals surface area contributed by atoms with E-state index in [1.807, 2.05) is 17.5 Å². The monoisotopic (exact) mass is 405 g/mol. The number of amides is 1. The highest BCUT2D eigenvalue weighted by Gasteiger charge is 2.37. The number of alkyl halides is 3. The fraction of sp³-hybridized carbons (Fsp3) is 0.0667. The third kappa shape index (κ3) is 3.37. The second-order valence-electron chi connectivity index (χ2n) is 4.69. The van der Waals surface area contributed by atoms with Gasteiger partial charge in [0, 0.05) is 4.88 Å². The molecule has 0 bridgehead atoms. The third-order valence-electron chi connectivity index (χ3n) is 3.12. The van der Waals surface area contributed by atoms with E-state index in [0.29, 0.717) is 4.91 Å². The van der Waals surface area contributed by atoms with Crippen LogP contribution in [0.2, 0.25) is 5.02 Å². The molecule has 3 rings (SSSR count). The van der Waals surface area contributed by atoms with Crippen molar-refractivity contribution in [2.45, 2.75) is 6.18 Å². The lowest BCUT2D eigenvalue weighted by atomic mass is 10.2. The molecule has 1 aliphatic heterocycles. The Balaban J connectivity index is 1.98. The number of anilines is 1. The van der Waals surface area contributed by atoms with Crippen LogP contribution in [0.1, 0.15) is 10.4 Å². The summed E-state index contributed by atoms with van der Waals surface area (Å²) in [5.74, 6) is -0.450. The second-order valence-corrected chi connectivity index (χ2v) is 7.76. The van der Waals surface area contributed by atoms with Gasteiger partial charge in [-0.1, -0.05) is 41.6 Å². The summed E-state index contributed by atoms with van der Waals surface area (Å²) in [6, 6.07) is 6.96. The summed E-state index contributed by atoms with van der Waals surface area (Å²) < 4.78 is 39.2. The number of carbonyl (C=O) groups excluding carboxylic acids is 1. The SMILES string of the molecule is O=C1/C(=C\c2cccs2)SC(=S)N1c1ccc(Cl)c(C(F)(F)F)c1. The molecule has 0 atom stereocenters. The lowest BCUT2D eigenvalue weighted by molar-refractivity contribution is -0.137. The van der Waals surface area contributed by atoms with Crippen molar-refractivity contribution in [2.75, 3.05) is 4.90 Å². The van der Waals surface area contributed by atoms with Gasteiger partial charge in [0.15, 0.2) is 4.32 Å². The third-order valence-corrected chi connectivity index (χ3v) is 5.57. The Morgan fingerprint density at radius 1 is 1.25 bits per heavy atom. The minimum Gasteiger partial charge on any atom is -0.268 e. The number of nitrogens with zero attached hydrogens (tertiary/aromatic N) is 1. The van der Waals surface area contributed by atoms with E-state index >= 15 is 0 Å². The van der Waals surface area contributed by atoms with E-state index in [0.717, 1.165) is 33.7 Å². The molecule has 1 aliphatic rings. The predicted molar refractivity (Wildman–Crippen MR) is 96.4 cm³/mol. The molecule has 1 fully saturated rings. The van der Waals surface area contributed by atoms with Crippen molar-refractivity contribution in [2.24, 2.45) is 0 Å². The van der Waals surface area contributed by atoms with Crippen molar-refractivity contribution in [3.05, 3.63) is 56.1 Å². The minimum atomic E-state index is -4.61. The highest BCUT2D eigenvalue weighted by Crippen LogP contribution is 2.41. The molecule has 0 spiro atoms. The van der Waals surface area contributed by atoms with Crippen molar-refractivity contribution in [3.8, 4) is 0 Å². The number of thiocarbonyl (C=S) groups is 1. The molecule has 1 aromatic carbocycles. The maximum absolute atomic E-state index is 13.0. The van der Waals surface area contributed by atoms with Gasteiger partial charge in [-0.25, -0.2) is 0 Å². The highest BCUT2D eigenvalue weighted by atomic mass is 35.5. The maximum atomic E-state index is 13.0. The molecule has 1 aromatic heterocycles. The summed E-state index contributed by atoms with van der Waals surface area (Å²) in [5.41, 5.74) is -0.957. The smallest absolute Gasteiger partial charge is 0.268 e. The zero-order valence-corrected chi connectivity index (χ0v) is 14.8. The number of rotatable bonds is 2. The van der Waals surface area contributed by atoms with Crippen molar-refractivity contribution < 1.29 is 18.0 Å². The van der Waals surface area contributed by atoms with E-state index in [1.54, 1.807) is 6.08 Å². The number of hydrogen-bond acceptors (Lipinski definition) is 4. The van der Waals surface area contributed by atoms with Gasteiger partial charge >= 0.3 is 6.18 Å². The maximum Gasteiger partial charge on any atom is 0.417 e. The molecule has 2 heterocycles. The van der Waals surface area contributed by atoms with Gasteiger partial charge in [0.2, 0.25) is 0 Å². The van der Waals surface area contributed by atoms with Gasteiger partial charge in [-0.3, -0.25) is 9.69 Å². The lowest BCUT2D eigenvalue weighted by Gasteiger charge is -2.17. The van der Waals surface area contributed by atoms with Crippen LogP contribution in [-0.2, 0) is 11.0 Å². The molecular weight excluding hydrogens is 399 g/mol. The molecule has 0 unspecified atom stereocenters. The lowest BCUT2D eigenvalue weighted by Crippen LogP contribution is -2.27. The van der Waals surface area contributed by atoms with Gasteiger partial charge in [-0.2, -0.15) is 13.2 Å². The van der Waals surface area contributed by atoms with Crippen LogP contribution in [0.25, 0.3) is 6.08 Å². The molecule has 2 aromatic rings. The van der Waals surface area contributed by atoms with Crippen LogP contribution < -0.4 is 4.90 Å². The summed E-state index contributed by atoms with van der Waals surface area (Å²) in [6.07, 6.45) is -2.94. The van der Waals surface area contributed by atoms with Gasteiger partial charge in [-0.15, -0.1) is 11.3 Å². The zero-order chi connectivity index (χ0) is 17.5. The van der Waals surface area contributed by atoms with Crippen molar-refractivity contribution >= 4 is 68.9 Å². The van der Waals surface area contributed by atoms with E-state index in [4.69, 9.17) is 23.8 Å². The Labute approximate surface area is 153 Å². The largest absolute Gasteiger partial charge is 0.417 e. The van der Waals surface area contributed by atoms with E-state index in [1.165, 1.54) is 17.4 Å². The number of thioether (sulfide) groups is 1. The summed E-state index contributed by atoms with van der Waals surface area (Å²) in [7, 11) is 0. The first-order valence-corrected chi connectivity index (χ1v) is 8.94. The first-order chi connectivity index (χ1) is 11.3. The molecule has 0 saturated carbocycles. The van der Waals surface area contributed by atoms with Gasteiger partial charge in [0.1, 0.15) is 0 Å². The Morgan fingerprint density at radius 3 is 2.62 bits per heavy atom. The Hall–Kier alpha value is -1.35. The van der Waals surface area contributed by atoms with Crippen LogP contribution in [0.3, 0.4) is 0 Å². The van der Waals surface area contributed by atoms with E-state index in [-0.39, 0.29) is 10.0 Å². The minimum absolute atomic E-state index is 0.0452. The molecule has 24 heavy (non-hydrogen) atoms. The van der Waals surface area contributed by atoms with Gasteiger partial charge < -0.3 is 0 Å². The average Bonchev–Trinajstić information content (AvgIpc) is 3.08. The van der Waals surface area contributed by atoms with Crippen LogP contribution in [0, 0.1) is 0 Å². The van der Waals surface area contributed by atoms with E-state index < -0.39 is 22.7 Å². The normalized spacial score (nSPS) is 17.2. The summed E-state index contributed by atoms with van der Waals surface area (Å²) in [5, 5.41) is 1.44. The van der Waals surface area contributed by atoms with E-state index in [2.05, 4.69) is 0 Å². The first kappa shape index (κ1) is 17.5. The fourth-order valence-electron chi connectivity index (χ4n) is 2.06. The van der Waals surface area contributed by atoms with E-state index in [9.17, 15) is 18.0 Å². The zero-order valence-electron chi connectivity index (χ0n) is 11.6. The molecule has 1 amide bonds. The Kier molecular flexibility index (Phi) is 4.74. The predicted octanol–water partition coefficient (Wildman–Crippen LogP) is 5.83. The topological polar surface area (TPSA) is 20.3 Å². The molecule has 124 valence electrons. The molecule has 0 radical (unpaired) electrons. The van der Waals surface area contributed by atoms with Crippen molar-refractivity contribution in [3.63, 3.8) is 0 Å². The summed E-state index contributed by atoms with van der Waals surface area (Å²) >= 11 is 13.3. The first-order valence-electron chi connectivity index (χ1n) is 6.45. The number of thiophene rings is 1. The number of hydrogen-bond donors (Lipinski definition) is 0. The fourth-order valence-corrected chi connectivity index (χ4v) is 4.31. The summed E-state index contributed by atoms with van der Waals surface area (Å²) in [4.78, 5) is 14.8. The molecule has 9 heteroatoms. The highest BCUT2D eigenvalue weighted by molar-refractivity contribution is 8.27. The quantitative estimate of drug-likeness (QED) is 0.463. The second kappa shape index (κ2) is 6.51. The molecule has 0 N–H and O–H groups in total. The van der Waals surface area contributed by atoms with Crippen LogP contribution in [0.5, 0.6) is 0 Å². The number of benzene rings is 1. The average molecular weight is 406 g/mol. The van der Waals surface area contributed by atoms with Crippen LogP contribution in [0.15, 0.2) is 40.6 Å². The van der Waals surface area contributed by atoms with Gasteiger partial charge in [0.05, 0.1) is 21.2 Å². The van der Waals surface area contributed by atoms with Crippen molar-refractivity contribution in [1.82, 2.24) is 0 Å². The van der Waals surface area contributed by atoms with Crippen LogP contribution >= 0.6 is 46.9 Å². The molecule has 2 nitrogen and oxygen atoms in total. The Bertz CT molecular complexity index is 846.